The van der Waals surface area contributed by atoms with Crippen molar-refractivity contribution in [3.8, 4) is 0 Å². The number of rotatable bonds is 1. The standard InChI is InChI=1S/C15H20N2O/c1-10-7-6-8-12-11(10)9-13(17(12)5)14(18)16-15(2,3)4/h6-9H,1-5H3,(H,16,18). The molecule has 0 aliphatic rings. The van der Waals surface area contributed by atoms with E-state index in [0.29, 0.717) is 5.69 Å². The molecule has 0 saturated heterocycles. The summed E-state index contributed by atoms with van der Waals surface area (Å²) in [6.45, 7) is 8.02. The first kappa shape index (κ1) is 12.7. The lowest BCUT2D eigenvalue weighted by atomic mass is 10.1. The number of hydrogen-bond acceptors (Lipinski definition) is 1. The molecule has 0 spiro atoms. The van der Waals surface area contributed by atoms with E-state index >= 15 is 0 Å². The van der Waals surface area contributed by atoms with Gasteiger partial charge in [-0.1, -0.05) is 12.1 Å². The SMILES string of the molecule is Cc1cccc2c1cc(C(=O)NC(C)(C)C)n2C. The summed E-state index contributed by atoms with van der Waals surface area (Å²) >= 11 is 0. The predicted octanol–water partition coefficient (Wildman–Crippen LogP) is 3.02. The van der Waals surface area contributed by atoms with Gasteiger partial charge in [0.25, 0.3) is 5.91 Å². The molecule has 2 rings (SSSR count). The van der Waals surface area contributed by atoms with Crippen molar-refractivity contribution in [2.75, 3.05) is 0 Å². The third-order valence-corrected chi connectivity index (χ3v) is 3.03. The first-order valence-electron chi connectivity index (χ1n) is 6.17. The third-order valence-electron chi connectivity index (χ3n) is 3.03. The number of amides is 1. The van der Waals surface area contributed by atoms with Gasteiger partial charge in [0, 0.05) is 23.5 Å². The number of hydrogen-bond donors (Lipinski definition) is 1. The molecule has 2 aromatic rings. The van der Waals surface area contributed by atoms with E-state index in [2.05, 4.69) is 18.3 Å². The summed E-state index contributed by atoms with van der Waals surface area (Å²) in [6, 6.07) is 8.08. The number of fused-ring (bicyclic) bond motifs is 1. The number of carbonyl (C=O) groups excluding carboxylic acids is 1. The first-order chi connectivity index (χ1) is 8.29. The Balaban J connectivity index is 2.50. The molecule has 1 heterocycles. The molecule has 0 bridgehead atoms. The van der Waals surface area contributed by atoms with E-state index in [9.17, 15) is 4.79 Å². The van der Waals surface area contributed by atoms with Crippen molar-refractivity contribution in [2.45, 2.75) is 33.2 Å². The van der Waals surface area contributed by atoms with Crippen LogP contribution in [-0.2, 0) is 7.05 Å². The average molecular weight is 244 g/mol. The molecule has 1 N–H and O–H groups in total. The molecule has 0 radical (unpaired) electrons. The minimum Gasteiger partial charge on any atom is -0.346 e. The Hall–Kier alpha value is -1.77. The summed E-state index contributed by atoms with van der Waals surface area (Å²) in [5, 5.41) is 4.13. The Morgan fingerprint density at radius 2 is 1.94 bits per heavy atom. The van der Waals surface area contributed by atoms with E-state index in [0.717, 1.165) is 10.9 Å². The number of benzene rings is 1. The Morgan fingerprint density at radius 1 is 1.28 bits per heavy atom. The number of aromatic nitrogens is 1. The molecule has 96 valence electrons. The molecule has 1 aromatic carbocycles. The quantitative estimate of drug-likeness (QED) is 0.822. The van der Waals surface area contributed by atoms with Crippen LogP contribution in [0.25, 0.3) is 10.9 Å². The summed E-state index contributed by atoms with van der Waals surface area (Å²) in [7, 11) is 1.93. The van der Waals surface area contributed by atoms with E-state index in [1.165, 1.54) is 5.56 Å². The van der Waals surface area contributed by atoms with Crippen LogP contribution in [0.3, 0.4) is 0 Å². The highest BCUT2D eigenvalue weighted by Crippen LogP contribution is 2.22. The highest BCUT2D eigenvalue weighted by atomic mass is 16.2. The molecular formula is C15H20N2O. The van der Waals surface area contributed by atoms with E-state index < -0.39 is 0 Å². The van der Waals surface area contributed by atoms with Crippen LogP contribution >= 0.6 is 0 Å². The van der Waals surface area contributed by atoms with Gasteiger partial charge in [-0.05, 0) is 45.4 Å². The molecule has 0 aliphatic heterocycles. The summed E-state index contributed by atoms with van der Waals surface area (Å²) < 4.78 is 1.95. The van der Waals surface area contributed by atoms with Gasteiger partial charge in [0.15, 0.2) is 0 Å². The molecule has 1 amide bonds. The van der Waals surface area contributed by atoms with Gasteiger partial charge in [-0.2, -0.15) is 0 Å². The lowest BCUT2D eigenvalue weighted by molar-refractivity contribution is 0.0911. The van der Waals surface area contributed by atoms with Crippen LogP contribution in [0.1, 0.15) is 36.8 Å². The molecule has 0 aliphatic carbocycles. The molecule has 0 saturated carbocycles. The van der Waals surface area contributed by atoms with Crippen molar-refractivity contribution in [3.05, 3.63) is 35.5 Å². The first-order valence-corrected chi connectivity index (χ1v) is 6.17. The zero-order valence-electron chi connectivity index (χ0n) is 11.7. The van der Waals surface area contributed by atoms with Crippen LogP contribution in [0.2, 0.25) is 0 Å². The van der Waals surface area contributed by atoms with Crippen molar-refractivity contribution in [3.63, 3.8) is 0 Å². The maximum Gasteiger partial charge on any atom is 0.268 e. The van der Waals surface area contributed by atoms with Crippen molar-refractivity contribution < 1.29 is 4.79 Å². The smallest absolute Gasteiger partial charge is 0.268 e. The van der Waals surface area contributed by atoms with Gasteiger partial charge in [-0.3, -0.25) is 4.79 Å². The molecule has 3 heteroatoms. The lowest BCUT2D eigenvalue weighted by Crippen LogP contribution is -2.41. The highest BCUT2D eigenvalue weighted by molar-refractivity contribution is 5.99. The number of carbonyl (C=O) groups is 1. The Kier molecular flexibility index (Phi) is 2.93. The van der Waals surface area contributed by atoms with Crippen molar-refractivity contribution in [1.82, 2.24) is 9.88 Å². The molecular weight excluding hydrogens is 224 g/mol. The van der Waals surface area contributed by atoms with Crippen LogP contribution in [-0.4, -0.2) is 16.0 Å². The summed E-state index contributed by atoms with van der Waals surface area (Å²) in [5.74, 6) is -0.0272. The van der Waals surface area contributed by atoms with Gasteiger partial charge in [-0.15, -0.1) is 0 Å². The lowest BCUT2D eigenvalue weighted by Gasteiger charge is -2.20. The molecule has 1 aromatic heterocycles. The van der Waals surface area contributed by atoms with Crippen molar-refractivity contribution >= 4 is 16.8 Å². The van der Waals surface area contributed by atoms with Crippen LogP contribution in [0.15, 0.2) is 24.3 Å². The molecule has 0 fully saturated rings. The monoisotopic (exact) mass is 244 g/mol. The van der Waals surface area contributed by atoms with Gasteiger partial charge < -0.3 is 9.88 Å². The van der Waals surface area contributed by atoms with Crippen molar-refractivity contribution in [2.24, 2.45) is 7.05 Å². The normalized spacial score (nSPS) is 11.8. The fourth-order valence-electron chi connectivity index (χ4n) is 2.13. The zero-order chi connectivity index (χ0) is 13.5. The molecule has 0 atom stereocenters. The van der Waals surface area contributed by atoms with Gasteiger partial charge in [0.1, 0.15) is 5.69 Å². The van der Waals surface area contributed by atoms with Crippen molar-refractivity contribution in [1.29, 1.82) is 0 Å². The predicted molar refractivity (Wildman–Crippen MR) is 74.9 cm³/mol. The van der Waals surface area contributed by atoms with E-state index in [1.54, 1.807) is 0 Å². The van der Waals surface area contributed by atoms with Crippen LogP contribution in [0, 0.1) is 6.92 Å². The van der Waals surface area contributed by atoms with E-state index in [1.807, 2.05) is 50.6 Å². The number of nitrogens with one attached hydrogen (secondary N) is 1. The summed E-state index contributed by atoms with van der Waals surface area (Å²) in [4.78, 5) is 12.2. The Morgan fingerprint density at radius 3 is 2.50 bits per heavy atom. The minimum absolute atomic E-state index is 0.0272. The van der Waals surface area contributed by atoms with Gasteiger partial charge in [-0.25, -0.2) is 0 Å². The second kappa shape index (κ2) is 4.16. The van der Waals surface area contributed by atoms with Gasteiger partial charge in [0.05, 0.1) is 0 Å². The second-order valence-electron chi connectivity index (χ2n) is 5.80. The number of nitrogens with zero attached hydrogens (tertiary/aromatic N) is 1. The second-order valence-corrected chi connectivity index (χ2v) is 5.80. The minimum atomic E-state index is -0.220. The summed E-state index contributed by atoms with van der Waals surface area (Å²) in [5.41, 5.74) is 2.77. The highest BCUT2D eigenvalue weighted by Gasteiger charge is 2.19. The largest absolute Gasteiger partial charge is 0.346 e. The average Bonchev–Trinajstić information content (AvgIpc) is 2.56. The van der Waals surface area contributed by atoms with E-state index in [4.69, 9.17) is 0 Å². The fraction of sp³-hybridized carbons (Fsp3) is 0.400. The topological polar surface area (TPSA) is 34.0 Å². The van der Waals surface area contributed by atoms with Gasteiger partial charge in [0.2, 0.25) is 0 Å². The van der Waals surface area contributed by atoms with Gasteiger partial charge >= 0.3 is 0 Å². The maximum absolute atomic E-state index is 12.2. The summed E-state index contributed by atoms with van der Waals surface area (Å²) in [6.07, 6.45) is 0. The molecule has 0 unspecified atom stereocenters. The van der Waals surface area contributed by atoms with Crippen LogP contribution in [0.4, 0.5) is 0 Å². The molecule has 3 nitrogen and oxygen atoms in total. The molecule has 18 heavy (non-hydrogen) atoms. The Bertz CT molecular complexity index is 603. The zero-order valence-corrected chi connectivity index (χ0v) is 11.7. The van der Waals surface area contributed by atoms with E-state index in [-0.39, 0.29) is 11.4 Å². The number of aryl methyl sites for hydroxylation is 2. The third kappa shape index (κ3) is 2.26. The fourth-order valence-corrected chi connectivity index (χ4v) is 2.13. The van der Waals surface area contributed by atoms with Crippen LogP contribution < -0.4 is 5.32 Å². The Labute approximate surface area is 108 Å². The maximum atomic E-state index is 12.2. The van der Waals surface area contributed by atoms with Crippen LogP contribution in [0.5, 0.6) is 0 Å².